The minimum Gasteiger partial charge on any atom is -0.280 e. The van der Waals surface area contributed by atoms with Crippen LogP contribution in [0.4, 0.5) is 0 Å². The van der Waals surface area contributed by atoms with Crippen molar-refractivity contribution in [2.75, 3.05) is 7.05 Å². The van der Waals surface area contributed by atoms with E-state index in [1.165, 1.54) is 0 Å². The molecule has 1 N–H and O–H groups in total. The summed E-state index contributed by atoms with van der Waals surface area (Å²) in [6.45, 7) is 0. The Morgan fingerprint density at radius 2 is 2.00 bits per heavy atom. The molecule has 0 aliphatic heterocycles. The minimum absolute atomic E-state index is 0.479. The third kappa shape index (κ3) is 2.00. The second kappa shape index (κ2) is 4.05. The predicted molar refractivity (Wildman–Crippen MR) is 47.8 cm³/mol. The Hall–Kier alpha value is -0.930. The summed E-state index contributed by atoms with van der Waals surface area (Å²) in [5, 5.41) is 2.84. The third-order valence-electron chi connectivity index (χ3n) is 1.35. The molecule has 0 saturated carbocycles. The summed E-state index contributed by atoms with van der Waals surface area (Å²) in [7, 11) is 1.74. The molecule has 0 fully saturated rings. The van der Waals surface area contributed by atoms with Crippen LogP contribution in [0.25, 0.3) is 0 Å². The minimum atomic E-state index is 0.479. The van der Waals surface area contributed by atoms with Crippen LogP contribution in [0.5, 0.6) is 0 Å². The molecule has 11 heavy (non-hydrogen) atoms. The monoisotopic (exact) mass is 167 g/mol. The lowest BCUT2D eigenvalue weighted by Gasteiger charge is -1.98. The van der Waals surface area contributed by atoms with Crippen molar-refractivity contribution in [1.82, 2.24) is 5.32 Å². The maximum atomic E-state index is 10.5. The van der Waals surface area contributed by atoms with E-state index in [4.69, 9.17) is 0 Å². The van der Waals surface area contributed by atoms with Gasteiger partial charge in [-0.25, -0.2) is 4.21 Å². The van der Waals surface area contributed by atoms with Crippen LogP contribution < -0.4 is 5.32 Å². The summed E-state index contributed by atoms with van der Waals surface area (Å²) in [6, 6.07) is 9.53. The van der Waals surface area contributed by atoms with Gasteiger partial charge in [-0.15, -0.1) is 0 Å². The largest absolute Gasteiger partial charge is 0.280 e. The Bertz CT molecular complexity index is 277. The SMILES string of the molecule is CNC(=S=O)c1ccccc1. The van der Waals surface area contributed by atoms with Crippen molar-refractivity contribution < 1.29 is 4.21 Å². The Labute approximate surface area is 69.3 Å². The molecule has 0 spiro atoms. The van der Waals surface area contributed by atoms with Crippen molar-refractivity contribution in [1.29, 1.82) is 0 Å². The Balaban J connectivity index is 3.02. The number of nitrogens with one attached hydrogen (secondary N) is 1. The Morgan fingerprint density at radius 3 is 2.45 bits per heavy atom. The van der Waals surface area contributed by atoms with Crippen molar-refractivity contribution in [3.8, 4) is 0 Å². The van der Waals surface area contributed by atoms with Crippen molar-refractivity contribution >= 4 is 16.2 Å². The first-order chi connectivity index (χ1) is 5.38. The maximum Gasteiger partial charge on any atom is 0.116 e. The molecule has 2 nitrogen and oxygen atoms in total. The number of rotatable bonds is 1. The predicted octanol–water partition coefficient (Wildman–Crippen LogP) is 0.597. The summed E-state index contributed by atoms with van der Waals surface area (Å²) < 4.78 is 10.5. The zero-order chi connectivity index (χ0) is 8.10. The number of benzene rings is 1. The molecule has 1 rings (SSSR count). The molecule has 0 aliphatic carbocycles. The lowest BCUT2D eigenvalue weighted by molar-refractivity contribution is 0.700. The van der Waals surface area contributed by atoms with E-state index < -0.39 is 0 Å². The lowest BCUT2D eigenvalue weighted by Crippen LogP contribution is -2.18. The van der Waals surface area contributed by atoms with Crippen LogP contribution in [0.15, 0.2) is 30.3 Å². The van der Waals surface area contributed by atoms with Gasteiger partial charge in [0.25, 0.3) is 0 Å². The van der Waals surface area contributed by atoms with E-state index in [2.05, 4.69) is 5.32 Å². The van der Waals surface area contributed by atoms with E-state index in [0.717, 1.165) is 5.56 Å². The fourth-order valence-electron chi connectivity index (χ4n) is 0.824. The first-order valence-electron chi connectivity index (χ1n) is 3.28. The van der Waals surface area contributed by atoms with Crippen molar-refractivity contribution in [3.63, 3.8) is 0 Å². The zero-order valence-corrected chi connectivity index (χ0v) is 7.02. The second-order valence-corrected chi connectivity index (χ2v) is 2.60. The van der Waals surface area contributed by atoms with Crippen LogP contribution in [0.3, 0.4) is 0 Å². The Kier molecular flexibility index (Phi) is 3.01. The normalized spacial score (nSPS) is 9.18. The van der Waals surface area contributed by atoms with E-state index >= 15 is 0 Å². The first kappa shape index (κ1) is 8.17. The highest BCUT2D eigenvalue weighted by Crippen LogP contribution is 1.96. The molecule has 1 aromatic rings. The van der Waals surface area contributed by atoms with Crippen LogP contribution >= 0.6 is 0 Å². The number of hydrogen-bond acceptors (Lipinski definition) is 1. The molecular formula is C8H9NOS. The van der Waals surface area contributed by atoms with E-state index in [1.807, 2.05) is 30.3 Å². The van der Waals surface area contributed by atoms with Gasteiger partial charge in [-0.1, -0.05) is 30.3 Å². The van der Waals surface area contributed by atoms with Gasteiger partial charge < -0.3 is 0 Å². The topological polar surface area (TPSA) is 29.1 Å². The quantitative estimate of drug-likeness (QED) is 0.620. The van der Waals surface area contributed by atoms with Gasteiger partial charge >= 0.3 is 0 Å². The van der Waals surface area contributed by atoms with Crippen LogP contribution in [0.2, 0.25) is 0 Å². The molecule has 1 aromatic carbocycles. The first-order valence-corrected chi connectivity index (χ1v) is 4.02. The summed E-state index contributed by atoms with van der Waals surface area (Å²) in [5.74, 6) is 0. The van der Waals surface area contributed by atoms with Crippen LogP contribution in [-0.2, 0) is 11.3 Å². The summed E-state index contributed by atoms with van der Waals surface area (Å²) in [6.07, 6.45) is 0. The molecule has 0 atom stereocenters. The lowest BCUT2D eigenvalue weighted by atomic mass is 10.2. The van der Waals surface area contributed by atoms with E-state index in [-0.39, 0.29) is 0 Å². The average Bonchev–Trinajstić information content (AvgIpc) is 2.09. The van der Waals surface area contributed by atoms with Crippen LogP contribution in [-0.4, -0.2) is 16.2 Å². The van der Waals surface area contributed by atoms with Gasteiger partial charge in [-0.05, 0) is 7.05 Å². The second-order valence-electron chi connectivity index (χ2n) is 2.03. The molecule has 0 aromatic heterocycles. The van der Waals surface area contributed by atoms with Crippen LogP contribution in [0, 0.1) is 0 Å². The zero-order valence-electron chi connectivity index (χ0n) is 6.20. The van der Waals surface area contributed by atoms with Gasteiger partial charge in [0.2, 0.25) is 0 Å². The van der Waals surface area contributed by atoms with E-state index in [1.54, 1.807) is 7.05 Å². The molecule has 0 amide bonds. The summed E-state index contributed by atoms with van der Waals surface area (Å²) >= 11 is 0.479. The van der Waals surface area contributed by atoms with E-state index in [9.17, 15) is 4.21 Å². The molecule has 0 radical (unpaired) electrons. The molecule has 0 aliphatic rings. The van der Waals surface area contributed by atoms with Gasteiger partial charge in [0.1, 0.15) is 16.2 Å². The standard InChI is InChI=1S/C8H9NOS/c1-9-8(11-10)7-5-3-2-4-6-7/h2-6,9H,1H3. The van der Waals surface area contributed by atoms with Gasteiger partial charge in [0.15, 0.2) is 0 Å². The van der Waals surface area contributed by atoms with Gasteiger partial charge in [0, 0.05) is 5.56 Å². The highest BCUT2D eigenvalue weighted by molar-refractivity contribution is 7.66. The highest BCUT2D eigenvalue weighted by Gasteiger charge is 1.96. The highest BCUT2D eigenvalue weighted by atomic mass is 32.1. The molecule has 0 heterocycles. The molecule has 0 bridgehead atoms. The average molecular weight is 167 g/mol. The smallest absolute Gasteiger partial charge is 0.116 e. The molecule has 3 heteroatoms. The summed E-state index contributed by atoms with van der Waals surface area (Å²) in [4.78, 5) is 0.658. The molecule has 0 unspecified atom stereocenters. The van der Waals surface area contributed by atoms with E-state index in [0.29, 0.717) is 16.2 Å². The van der Waals surface area contributed by atoms with Crippen molar-refractivity contribution in [3.05, 3.63) is 35.9 Å². The maximum absolute atomic E-state index is 10.5. The van der Waals surface area contributed by atoms with Crippen LogP contribution in [0.1, 0.15) is 5.56 Å². The van der Waals surface area contributed by atoms with Gasteiger partial charge in [-0.2, -0.15) is 0 Å². The van der Waals surface area contributed by atoms with Gasteiger partial charge in [-0.3, -0.25) is 5.32 Å². The fraction of sp³-hybridized carbons (Fsp3) is 0.125. The van der Waals surface area contributed by atoms with Crippen molar-refractivity contribution in [2.24, 2.45) is 0 Å². The third-order valence-corrected chi connectivity index (χ3v) is 1.95. The Morgan fingerprint density at radius 1 is 1.36 bits per heavy atom. The molecule has 58 valence electrons. The molecular weight excluding hydrogens is 158 g/mol. The fourth-order valence-corrected chi connectivity index (χ4v) is 1.14. The van der Waals surface area contributed by atoms with Crippen molar-refractivity contribution in [2.45, 2.75) is 0 Å². The number of hydrogen-bond donors (Lipinski definition) is 1. The van der Waals surface area contributed by atoms with Gasteiger partial charge in [0.05, 0.1) is 0 Å². The summed E-state index contributed by atoms with van der Waals surface area (Å²) in [5.41, 5.74) is 0.940. The molecule has 0 saturated heterocycles.